The summed E-state index contributed by atoms with van der Waals surface area (Å²) in [6.45, 7) is 2.13. The molecule has 0 saturated carbocycles. The van der Waals surface area contributed by atoms with Crippen LogP contribution in [0.15, 0.2) is 140 Å². The molecular formula is C38H26O. The van der Waals surface area contributed by atoms with E-state index in [2.05, 4.69) is 146 Å². The lowest BCUT2D eigenvalue weighted by atomic mass is 9.62. The van der Waals surface area contributed by atoms with Crippen molar-refractivity contribution in [3.8, 4) is 44.9 Å². The van der Waals surface area contributed by atoms with Crippen LogP contribution in [0.4, 0.5) is 0 Å². The van der Waals surface area contributed by atoms with Gasteiger partial charge in [-0.15, -0.1) is 0 Å². The van der Waals surface area contributed by atoms with Gasteiger partial charge in [0, 0.05) is 11.1 Å². The van der Waals surface area contributed by atoms with Gasteiger partial charge in [0.05, 0.1) is 5.41 Å². The van der Waals surface area contributed by atoms with Crippen LogP contribution >= 0.6 is 0 Å². The van der Waals surface area contributed by atoms with Gasteiger partial charge >= 0.3 is 0 Å². The Bertz CT molecular complexity index is 1830. The molecule has 8 rings (SSSR count). The van der Waals surface area contributed by atoms with Crippen molar-refractivity contribution in [1.29, 1.82) is 0 Å². The monoisotopic (exact) mass is 498 g/mol. The lowest BCUT2D eigenvalue weighted by molar-refractivity contribution is 0.435. The molecule has 1 spiro atoms. The van der Waals surface area contributed by atoms with Crippen LogP contribution in [0.1, 0.15) is 27.8 Å². The van der Waals surface area contributed by atoms with E-state index in [-0.39, 0.29) is 0 Å². The van der Waals surface area contributed by atoms with Crippen LogP contribution in [0.3, 0.4) is 0 Å². The predicted molar refractivity (Wildman–Crippen MR) is 159 cm³/mol. The van der Waals surface area contributed by atoms with Gasteiger partial charge in [-0.25, -0.2) is 0 Å². The molecule has 0 unspecified atom stereocenters. The minimum Gasteiger partial charge on any atom is -0.457 e. The lowest BCUT2D eigenvalue weighted by Crippen LogP contribution is -2.34. The van der Waals surface area contributed by atoms with Gasteiger partial charge in [-0.1, -0.05) is 127 Å². The standard InChI is InChI=1S/C38H26O/c1-25-18-20-26(21-19-25)27-22-23-37-35(24-27)38(34-16-8-9-17-36(34)39-37)32-14-6-4-12-30(32)28-10-2-3-11-29(28)31-13-5-7-15-33(31)38/h2-24H,1H3. The molecule has 0 N–H and O–H groups in total. The molecule has 1 nitrogen and oxygen atoms in total. The van der Waals surface area contributed by atoms with Crippen molar-refractivity contribution in [2.75, 3.05) is 0 Å². The predicted octanol–water partition coefficient (Wildman–Crippen LogP) is 9.80. The quantitative estimate of drug-likeness (QED) is 0.219. The van der Waals surface area contributed by atoms with E-state index in [9.17, 15) is 0 Å². The van der Waals surface area contributed by atoms with E-state index in [1.165, 1.54) is 61.2 Å². The summed E-state index contributed by atoms with van der Waals surface area (Å²) in [6, 6.07) is 50.8. The normalized spacial score (nSPS) is 13.7. The molecule has 1 aliphatic heterocycles. The van der Waals surface area contributed by atoms with E-state index in [1.54, 1.807) is 0 Å². The summed E-state index contributed by atoms with van der Waals surface area (Å²) in [6.07, 6.45) is 0. The third kappa shape index (κ3) is 3.08. The van der Waals surface area contributed by atoms with Crippen molar-refractivity contribution in [1.82, 2.24) is 0 Å². The average molecular weight is 499 g/mol. The van der Waals surface area contributed by atoms with Crippen LogP contribution in [0.25, 0.3) is 33.4 Å². The first-order chi connectivity index (χ1) is 19.2. The number of aryl methyl sites for hydroxylation is 1. The molecule has 6 aromatic carbocycles. The molecule has 1 aliphatic carbocycles. The molecule has 0 saturated heterocycles. The lowest BCUT2D eigenvalue weighted by Gasteiger charge is -2.42. The minimum absolute atomic E-state index is 0.558. The molecule has 0 aromatic heterocycles. The van der Waals surface area contributed by atoms with E-state index < -0.39 is 5.41 Å². The maximum absolute atomic E-state index is 6.66. The van der Waals surface area contributed by atoms with E-state index >= 15 is 0 Å². The summed E-state index contributed by atoms with van der Waals surface area (Å²) in [4.78, 5) is 0. The zero-order valence-corrected chi connectivity index (χ0v) is 21.7. The maximum atomic E-state index is 6.66. The smallest absolute Gasteiger partial charge is 0.132 e. The highest BCUT2D eigenvalue weighted by Gasteiger charge is 2.49. The zero-order valence-electron chi connectivity index (χ0n) is 21.7. The topological polar surface area (TPSA) is 9.23 Å². The van der Waals surface area contributed by atoms with Crippen LogP contribution in [-0.2, 0) is 5.41 Å². The van der Waals surface area contributed by atoms with Gasteiger partial charge in [-0.05, 0) is 69.6 Å². The van der Waals surface area contributed by atoms with Gasteiger partial charge in [0.15, 0.2) is 0 Å². The highest BCUT2D eigenvalue weighted by Crippen LogP contribution is 2.60. The number of benzene rings is 6. The second-order valence-corrected chi connectivity index (χ2v) is 10.6. The van der Waals surface area contributed by atoms with Crippen LogP contribution in [0.5, 0.6) is 11.5 Å². The minimum atomic E-state index is -0.558. The maximum Gasteiger partial charge on any atom is 0.132 e. The fourth-order valence-corrected chi connectivity index (χ4v) is 6.73. The Balaban J connectivity index is 1.57. The van der Waals surface area contributed by atoms with Crippen LogP contribution in [0, 0.1) is 6.92 Å². The van der Waals surface area contributed by atoms with E-state index in [4.69, 9.17) is 4.74 Å². The number of para-hydroxylation sites is 1. The first kappa shape index (κ1) is 22.1. The Morgan fingerprint density at radius 2 is 0.897 bits per heavy atom. The van der Waals surface area contributed by atoms with Crippen LogP contribution < -0.4 is 4.74 Å². The van der Waals surface area contributed by atoms with E-state index in [1.807, 2.05) is 0 Å². The summed E-state index contributed by atoms with van der Waals surface area (Å²) in [5.74, 6) is 1.81. The number of hydrogen-bond donors (Lipinski definition) is 0. The molecule has 0 radical (unpaired) electrons. The molecule has 0 fully saturated rings. The molecule has 2 aliphatic rings. The molecule has 0 bridgehead atoms. The van der Waals surface area contributed by atoms with Gasteiger partial charge in [-0.3, -0.25) is 0 Å². The molecule has 0 amide bonds. The van der Waals surface area contributed by atoms with E-state index in [0.29, 0.717) is 0 Å². The van der Waals surface area contributed by atoms with Crippen molar-refractivity contribution >= 4 is 0 Å². The molecule has 1 heteroatoms. The van der Waals surface area contributed by atoms with Gasteiger partial charge in [-0.2, -0.15) is 0 Å². The van der Waals surface area contributed by atoms with Crippen molar-refractivity contribution in [3.63, 3.8) is 0 Å². The van der Waals surface area contributed by atoms with Gasteiger partial charge in [0.2, 0.25) is 0 Å². The molecular weight excluding hydrogens is 472 g/mol. The Hall–Kier alpha value is -4.88. The third-order valence-electron chi connectivity index (χ3n) is 8.45. The Kier molecular flexibility index (Phi) is 4.72. The van der Waals surface area contributed by atoms with Crippen molar-refractivity contribution in [2.45, 2.75) is 12.3 Å². The number of hydrogen-bond acceptors (Lipinski definition) is 1. The van der Waals surface area contributed by atoms with Gasteiger partial charge in [0.25, 0.3) is 0 Å². The van der Waals surface area contributed by atoms with E-state index in [0.717, 1.165) is 11.5 Å². The first-order valence-corrected chi connectivity index (χ1v) is 13.5. The van der Waals surface area contributed by atoms with Crippen LogP contribution in [-0.4, -0.2) is 0 Å². The summed E-state index contributed by atoms with van der Waals surface area (Å²) in [5.41, 5.74) is 13.0. The second-order valence-electron chi connectivity index (χ2n) is 10.6. The van der Waals surface area contributed by atoms with Crippen molar-refractivity contribution in [2.24, 2.45) is 0 Å². The fraction of sp³-hybridized carbons (Fsp3) is 0.0526. The average Bonchev–Trinajstić information content (AvgIpc) is 3.10. The number of ether oxygens (including phenoxy) is 1. The molecule has 0 atom stereocenters. The number of rotatable bonds is 1. The zero-order chi connectivity index (χ0) is 26.0. The Morgan fingerprint density at radius 3 is 1.54 bits per heavy atom. The summed E-state index contributed by atoms with van der Waals surface area (Å²) >= 11 is 0. The van der Waals surface area contributed by atoms with Crippen LogP contribution in [0.2, 0.25) is 0 Å². The molecule has 6 aromatic rings. The van der Waals surface area contributed by atoms with Gasteiger partial charge < -0.3 is 4.74 Å². The molecule has 39 heavy (non-hydrogen) atoms. The highest BCUT2D eigenvalue weighted by atomic mass is 16.5. The molecule has 1 heterocycles. The first-order valence-electron chi connectivity index (χ1n) is 13.5. The summed E-state index contributed by atoms with van der Waals surface area (Å²) in [5, 5.41) is 0. The Morgan fingerprint density at radius 1 is 0.410 bits per heavy atom. The SMILES string of the molecule is Cc1ccc(-c2ccc3c(c2)C2(c4ccccc4O3)c3ccccc3-c3ccccc3-c3ccccc32)cc1. The highest BCUT2D eigenvalue weighted by molar-refractivity contribution is 5.93. The largest absolute Gasteiger partial charge is 0.457 e. The fourth-order valence-electron chi connectivity index (χ4n) is 6.73. The van der Waals surface area contributed by atoms with Crippen molar-refractivity contribution < 1.29 is 4.74 Å². The Labute approximate surface area is 229 Å². The van der Waals surface area contributed by atoms with Crippen molar-refractivity contribution in [3.05, 3.63) is 167 Å². The summed E-state index contributed by atoms with van der Waals surface area (Å²) in [7, 11) is 0. The molecule has 184 valence electrons. The second kappa shape index (κ2) is 8.31. The third-order valence-corrected chi connectivity index (χ3v) is 8.45. The summed E-state index contributed by atoms with van der Waals surface area (Å²) < 4.78 is 6.66. The number of fused-ring (bicyclic) bond motifs is 11. The van der Waals surface area contributed by atoms with Gasteiger partial charge in [0.1, 0.15) is 11.5 Å².